The van der Waals surface area contributed by atoms with Crippen LogP contribution < -0.4 is 10.3 Å². The molecule has 106 valence electrons. The lowest BCUT2D eigenvalue weighted by molar-refractivity contribution is 0.224. The first-order valence-electron chi connectivity index (χ1n) is 6.20. The minimum Gasteiger partial charge on any atom is -0.483 e. The monoisotopic (exact) mass is 312 g/mol. The molecule has 6 heteroatoms. The Balaban J connectivity index is 2.26. The van der Waals surface area contributed by atoms with Crippen LogP contribution in [-0.4, -0.2) is 9.78 Å². The summed E-state index contributed by atoms with van der Waals surface area (Å²) in [5.41, 5.74) is 0.540. The summed E-state index contributed by atoms with van der Waals surface area (Å²) in [7, 11) is 0. The van der Waals surface area contributed by atoms with E-state index in [1.165, 1.54) is 10.9 Å². The Bertz CT molecular complexity index is 670. The molecule has 1 unspecified atom stereocenters. The molecule has 20 heavy (non-hydrogen) atoms. The highest BCUT2D eigenvalue weighted by atomic mass is 35.5. The molecule has 0 N–H and O–H groups in total. The Morgan fingerprint density at radius 1 is 1.40 bits per heavy atom. The molecule has 0 aliphatic carbocycles. The predicted octanol–water partition coefficient (Wildman–Crippen LogP) is 3.71. The highest BCUT2D eigenvalue weighted by Gasteiger charge is 2.14. The number of hydrogen-bond donors (Lipinski definition) is 0. The van der Waals surface area contributed by atoms with E-state index in [2.05, 4.69) is 5.10 Å². The van der Waals surface area contributed by atoms with Crippen molar-refractivity contribution in [3.05, 3.63) is 56.4 Å². The third-order valence-electron chi connectivity index (χ3n) is 2.87. The quantitative estimate of drug-likeness (QED) is 0.864. The molecule has 1 aromatic carbocycles. The second-order valence-electron chi connectivity index (χ2n) is 4.26. The lowest BCUT2D eigenvalue weighted by atomic mass is 10.1. The molecular weight excluding hydrogens is 299 g/mol. The molecule has 2 aromatic rings. The van der Waals surface area contributed by atoms with Gasteiger partial charge >= 0.3 is 0 Å². The number of ether oxygens (including phenoxy) is 1. The molecule has 1 atom stereocenters. The van der Waals surface area contributed by atoms with E-state index in [-0.39, 0.29) is 22.4 Å². The Morgan fingerprint density at radius 3 is 2.80 bits per heavy atom. The van der Waals surface area contributed by atoms with E-state index in [0.29, 0.717) is 11.6 Å². The first kappa shape index (κ1) is 14.9. The molecule has 0 saturated carbocycles. The van der Waals surface area contributed by atoms with Crippen molar-refractivity contribution in [1.82, 2.24) is 9.78 Å². The molecule has 0 aliphatic heterocycles. The molecule has 0 saturated heterocycles. The maximum absolute atomic E-state index is 11.9. The number of aromatic nitrogens is 2. The fourth-order valence-corrected chi connectivity index (χ4v) is 2.16. The molecule has 0 spiro atoms. The van der Waals surface area contributed by atoms with Crippen LogP contribution in [-0.2, 0) is 6.54 Å². The molecule has 4 nitrogen and oxygen atoms in total. The van der Waals surface area contributed by atoms with Gasteiger partial charge in [0.15, 0.2) is 10.8 Å². The minimum atomic E-state index is -0.357. The van der Waals surface area contributed by atoms with Crippen molar-refractivity contribution in [2.75, 3.05) is 0 Å². The molecule has 0 bridgehead atoms. The van der Waals surface area contributed by atoms with E-state index < -0.39 is 0 Å². The van der Waals surface area contributed by atoms with Gasteiger partial charge in [0, 0.05) is 11.6 Å². The van der Waals surface area contributed by atoms with Gasteiger partial charge in [0.25, 0.3) is 5.56 Å². The largest absolute Gasteiger partial charge is 0.483 e. The Labute approximate surface area is 126 Å². The van der Waals surface area contributed by atoms with E-state index in [1.54, 1.807) is 12.1 Å². The summed E-state index contributed by atoms with van der Waals surface area (Å²) in [5.74, 6) is 0.272. The van der Waals surface area contributed by atoms with Crippen LogP contribution in [0.2, 0.25) is 10.0 Å². The lowest BCUT2D eigenvalue weighted by Gasteiger charge is -2.16. The number of aryl methyl sites for hydroxylation is 1. The number of hydrogen-bond acceptors (Lipinski definition) is 3. The van der Waals surface area contributed by atoms with Crippen molar-refractivity contribution >= 4 is 23.2 Å². The van der Waals surface area contributed by atoms with Crippen molar-refractivity contribution in [3.8, 4) is 5.75 Å². The Morgan fingerprint density at radius 2 is 2.15 bits per heavy atom. The fourth-order valence-electron chi connectivity index (χ4n) is 1.78. The summed E-state index contributed by atoms with van der Waals surface area (Å²) >= 11 is 12.0. The summed E-state index contributed by atoms with van der Waals surface area (Å²) < 4.78 is 6.98. The second kappa shape index (κ2) is 6.29. The normalized spacial score (nSPS) is 12.2. The van der Waals surface area contributed by atoms with Gasteiger partial charge in [-0.05, 0) is 31.5 Å². The van der Waals surface area contributed by atoms with Gasteiger partial charge in [0.05, 0.1) is 6.20 Å². The van der Waals surface area contributed by atoms with Gasteiger partial charge in [-0.1, -0.05) is 35.3 Å². The maximum Gasteiger partial charge on any atom is 0.289 e. The number of benzene rings is 1. The fraction of sp³-hybridized carbons (Fsp3) is 0.286. The molecule has 0 aliphatic rings. The van der Waals surface area contributed by atoms with Crippen molar-refractivity contribution in [3.63, 3.8) is 0 Å². The van der Waals surface area contributed by atoms with Crippen LogP contribution in [0.1, 0.15) is 25.5 Å². The lowest BCUT2D eigenvalue weighted by Crippen LogP contribution is -2.23. The molecule has 1 heterocycles. The van der Waals surface area contributed by atoms with E-state index >= 15 is 0 Å². The average Bonchev–Trinajstić information content (AvgIpc) is 2.44. The van der Waals surface area contributed by atoms with Crippen LogP contribution in [0.5, 0.6) is 5.75 Å². The predicted molar refractivity (Wildman–Crippen MR) is 79.7 cm³/mol. The van der Waals surface area contributed by atoms with Gasteiger partial charge in [0.2, 0.25) is 0 Å². The Hall–Kier alpha value is -1.52. The minimum absolute atomic E-state index is 0.0377. The first-order chi connectivity index (χ1) is 9.52. The van der Waals surface area contributed by atoms with E-state index in [4.69, 9.17) is 27.9 Å². The van der Waals surface area contributed by atoms with Crippen LogP contribution in [0, 0.1) is 0 Å². The van der Waals surface area contributed by atoms with Gasteiger partial charge in [-0.2, -0.15) is 5.10 Å². The number of rotatable bonds is 4. The van der Waals surface area contributed by atoms with Crippen molar-refractivity contribution in [2.24, 2.45) is 0 Å². The third-order valence-corrected chi connectivity index (χ3v) is 3.46. The summed E-state index contributed by atoms with van der Waals surface area (Å²) in [6.45, 7) is 4.13. The van der Waals surface area contributed by atoms with Crippen LogP contribution in [0.15, 0.2) is 35.3 Å². The van der Waals surface area contributed by atoms with Gasteiger partial charge in [-0.3, -0.25) is 4.79 Å². The van der Waals surface area contributed by atoms with Crippen LogP contribution >= 0.6 is 23.2 Å². The summed E-state index contributed by atoms with van der Waals surface area (Å²) in [4.78, 5) is 11.9. The third kappa shape index (κ3) is 3.14. The van der Waals surface area contributed by atoms with E-state index in [1.807, 2.05) is 26.0 Å². The van der Waals surface area contributed by atoms with Crippen molar-refractivity contribution < 1.29 is 4.74 Å². The zero-order valence-electron chi connectivity index (χ0n) is 11.1. The van der Waals surface area contributed by atoms with Crippen molar-refractivity contribution in [1.29, 1.82) is 0 Å². The van der Waals surface area contributed by atoms with Gasteiger partial charge in [-0.25, -0.2) is 4.68 Å². The van der Waals surface area contributed by atoms with Crippen LogP contribution in [0.3, 0.4) is 0 Å². The van der Waals surface area contributed by atoms with Gasteiger partial charge in [0.1, 0.15) is 6.10 Å². The molecule has 0 amide bonds. The van der Waals surface area contributed by atoms with E-state index in [9.17, 15) is 4.79 Å². The van der Waals surface area contributed by atoms with Crippen molar-refractivity contribution in [2.45, 2.75) is 26.5 Å². The zero-order valence-corrected chi connectivity index (χ0v) is 12.6. The molecule has 0 radical (unpaired) electrons. The number of nitrogens with zero attached hydrogens (tertiary/aromatic N) is 2. The first-order valence-corrected chi connectivity index (χ1v) is 6.96. The topological polar surface area (TPSA) is 44.1 Å². The smallest absolute Gasteiger partial charge is 0.289 e. The molecule has 1 aromatic heterocycles. The van der Waals surface area contributed by atoms with Gasteiger partial charge < -0.3 is 4.74 Å². The van der Waals surface area contributed by atoms with E-state index in [0.717, 1.165) is 5.56 Å². The second-order valence-corrected chi connectivity index (χ2v) is 5.07. The summed E-state index contributed by atoms with van der Waals surface area (Å²) in [6.07, 6.45) is 1.17. The molecule has 0 fully saturated rings. The van der Waals surface area contributed by atoms with Crippen LogP contribution in [0.4, 0.5) is 0 Å². The zero-order chi connectivity index (χ0) is 14.7. The molecule has 2 rings (SSSR count). The highest BCUT2D eigenvalue weighted by Crippen LogP contribution is 2.26. The average molecular weight is 313 g/mol. The summed E-state index contributed by atoms with van der Waals surface area (Å²) in [6, 6.07) is 7.33. The van der Waals surface area contributed by atoms with Crippen LogP contribution in [0.25, 0.3) is 0 Å². The summed E-state index contributed by atoms with van der Waals surface area (Å²) in [5, 5.41) is 4.66. The highest BCUT2D eigenvalue weighted by molar-refractivity contribution is 6.31. The molecular formula is C14H14Cl2N2O2. The maximum atomic E-state index is 11.9. The van der Waals surface area contributed by atoms with Gasteiger partial charge in [-0.15, -0.1) is 0 Å². The Kier molecular flexibility index (Phi) is 4.68. The standard InChI is InChI=1S/C14H14Cl2N2O2/c1-3-18-14(19)13(16)12(8-17-18)20-9(2)10-5-4-6-11(15)7-10/h4-9H,3H2,1-2H3. The number of halogens is 2. The SMILES string of the molecule is CCn1ncc(OC(C)c2cccc(Cl)c2)c(Cl)c1=O.